The minimum Gasteiger partial charge on any atom is -0.361 e. The Hall–Kier alpha value is -3.61. The van der Waals surface area contributed by atoms with Crippen LogP contribution in [0.1, 0.15) is 11.4 Å². The van der Waals surface area contributed by atoms with Crippen LogP contribution in [0.25, 0.3) is 22.2 Å². The van der Waals surface area contributed by atoms with Crippen LogP contribution >= 0.6 is 0 Å². The molecule has 4 N–H and O–H groups in total. The molecular formula is C22H23FN6. The second-order valence-electron chi connectivity index (χ2n) is 6.72. The van der Waals surface area contributed by atoms with E-state index in [4.69, 9.17) is 0 Å². The first-order valence-electron chi connectivity index (χ1n) is 9.52. The molecule has 7 heteroatoms. The van der Waals surface area contributed by atoms with E-state index in [1.165, 1.54) is 6.07 Å². The van der Waals surface area contributed by atoms with Gasteiger partial charge in [0.25, 0.3) is 0 Å². The molecule has 2 aromatic carbocycles. The van der Waals surface area contributed by atoms with E-state index in [0.717, 1.165) is 40.0 Å². The van der Waals surface area contributed by atoms with E-state index in [1.807, 2.05) is 42.7 Å². The number of hydrogen-bond donors (Lipinski definition) is 4. The summed E-state index contributed by atoms with van der Waals surface area (Å²) in [5.74, 6) is 1.30. The van der Waals surface area contributed by atoms with Gasteiger partial charge in [0.1, 0.15) is 11.6 Å². The molecule has 6 nitrogen and oxygen atoms in total. The number of aromatic amines is 2. The summed E-state index contributed by atoms with van der Waals surface area (Å²) in [6, 6.07) is 14.9. The number of hydrogen-bond acceptors (Lipinski definition) is 2. The zero-order valence-electron chi connectivity index (χ0n) is 16.2. The molecule has 2 heterocycles. The van der Waals surface area contributed by atoms with Crippen molar-refractivity contribution in [3.8, 4) is 11.3 Å². The van der Waals surface area contributed by atoms with Crippen LogP contribution in [0.3, 0.4) is 0 Å². The molecule has 0 aliphatic rings. The van der Waals surface area contributed by atoms with Crippen molar-refractivity contribution in [2.75, 3.05) is 13.6 Å². The Morgan fingerprint density at radius 3 is 2.83 bits per heavy atom. The van der Waals surface area contributed by atoms with Gasteiger partial charge in [0.15, 0.2) is 5.96 Å². The molecule has 29 heavy (non-hydrogen) atoms. The summed E-state index contributed by atoms with van der Waals surface area (Å²) < 4.78 is 13.5. The number of imidazole rings is 1. The fraction of sp³-hybridized carbons (Fsp3) is 0.182. The molecule has 0 bridgehead atoms. The third-order valence-electron chi connectivity index (χ3n) is 4.78. The zero-order valence-corrected chi connectivity index (χ0v) is 16.2. The lowest BCUT2D eigenvalue weighted by atomic mass is 10.1. The summed E-state index contributed by atoms with van der Waals surface area (Å²) in [6.45, 7) is 1.21. The van der Waals surface area contributed by atoms with Crippen LogP contribution in [-0.2, 0) is 13.0 Å². The van der Waals surface area contributed by atoms with Gasteiger partial charge in [-0.15, -0.1) is 0 Å². The first kappa shape index (κ1) is 18.7. The standard InChI is InChI=1S/C22H23FN6/c1-24-22(25-10-9-16-12-26-19-8-7-17(23)11-18(16)19)28-14-21-27-13-20(29-21)15-5-3-2-4-6-15/h2-8,11-13,26H,9-10,14H2,1H3,(H,27,29)(H2,24,25,28). The Bertz CT molecular complexity index is 1110. The highest BCUT2D eigenvalue weighted by Gasteiger charge is 2.07. The molecule has 148 valence electrons. The summed E-state index contributed by atoms with van der Waals surface area (Å²) in [4.78, 5) is 15.2. The molecule has 4 rings (SSSR count). The minimum atomic E-state index is -0.225. The summed E-state index contributed by atoms with van der Waals surface area (Å²) >= 11 is 0. The van der Waals surface area contributed by atoms with Crippen molar-refractivity contribution >= 4 is 16.9 Å². The van der Waals surface area contributed by atoms with E-state index < -0.39 is 0 Å². The Morgan fingerprint density at radius 2 is 2.00 bits per heavy atom. The normalized spacial score (nSPS) is 11.7. The first-order valence-corrected chi connectivity index (χ1v) is 9.52. The van der Waals surface area contributed by atoms with E-state index in [9.17, 15) is 4.39 Å². The van der Waals surface area contributed by atoms with E-state index in [0.29, 0.717) is 19.0 Å². The fourth-order valence-corrected chi connectivity index (χ4v) is 3.28. The highest BCUT2D eigenvalue weighted by Crippen LogP contribution is 2.19. The lowest BCUT2D eigenvalue weighted by Gasteiger charge is -2.10. The molecule has 0 unspecified atom stereocenters. The highest BCUT2D eigenvalue weighted by atomic mass is 19.1. The predicted molar refractivity (Wildman–Crippen MR) is 114 cm³/mol. The Labute approximate surface area is 168 Å². The van der Waals surface area contributed by atoms with Gasteiger partial charge < -0.3 is 20.6 Å². The Balaban J connectivity index is 1.30. The average molecular weight is 390 g/mol. The number of rotatable bonds is 6. The third-order valence-corrected chi connectivity index (χ3v) is 4.78. The number of fused-ring (bicyclic) bond motifs is 1. The molecular weight excluding hydrogens is 367 g/mol. The lowest BCUT2D eigenvalue weighted by Crippen LogP contribution is -2.38. The van der Waals surface area contributed by atoms with Gasteiger partial charge in [0.05, 0.1) is 18.4 Å². The number of nitrogens with zero attached hydrogens (tertiary/aromatic N) is 2. The van der Waals surface area contributed by atoms with E-state index >= 15 is 0 Å². The lowest BCUT2D eigenvalue weighted by molar-refractivity contribution is 0.629. The van der Waals surface area contributed by atoms with Gasteiger partial charge in [0.2, 0.25) is 0 Å². The Kier molecular flexibility index (Phi) is 5.56. The quantitative estimate of drug-likeness (QED) is 0.300. The van der Waals surface area contributed by atoms with Crippen LogP contribution in [-0.4, -0.2) is 34.5 Å². The molecule has 0 saturated carbocycles. The average Bonchev–Trinajstić information content (AvgIpc) is 3.38. The summed E-state index contributed by atoms with van der Waals surface area (Å²) in [5, 5.41) is 7.46. The van der Waals surface area contributed by atoms with Crippen molar-refractivity contribution in [2.45, 2.75) is 13.0 Å². The van der Waals surface area contributed by atoms with Crippen molar-refractivity contribution in [3.05, 3.63) is 78.1 Å². The minimum absolute atomic E-state index is 0.225. The maximum atomic E-state index is 13.5. The Morgan fingerprint density at radius 1 is 1.14 bits per heavy atom. The monoisotopic (exact) mass is 390 g/mol. The second kappa shape index (κ2) is 8.60. The molecule has 0 radical (unpaired) electrons. The molecule has 0 atom stereocenters. The number of H-pyrrole nitrogens is 2. The summed E-state index contributed by atoms with van der Waals surface area (Å²) in [7, 11) is 1.73. The van der Waals surface area contributed by atoms with Gasteiger partial charge in [-0.05, 0) is 35.7 Å². The largest absolute Gasteiger partial charge is 0.361 e. The highest BCUT2D eigenvalue weighted by molar-refractivity contribution is 5.83. The molecule has 2 aromatic heterocycles. The number of aliphatic imine (C=N–C) groups is 1. The summed E-state index contributed by atoms with van der Waals surface area (Å²) in [6.07, 6.45) is 4.51. The number of aromatic nitrogens is 3. The van der Waals surface area contributed by atoms with Gasteiger partial charge in [0, 0.05) is 30.7 Å². The number of benzene rings is 2. The molecule has 0 amide bonds. The van der Waals surface area contributed by atoms with Gasteiger partial charge in [-0.1, -0.05) is 30.3 Å². The number of halogens is 1. The van der Waals surface area contributed by atoms with Crippen LogP contribution in [0.15, 0.2) is 65.9 Å². The molecule has 4 aromatic rings. The molecule has 0 spiro atoms. The van der Waals surface area contributed by atoms with Crippen LogP contribution in [0.5, 0.6) is 0 Å². The fourth-order valence-electron chi connectivity index (χ4n) is 3.28. The topological polar surface area (TPSA) is 80.9 Å². The van der Waals surface area contributed by atoms with Crippen molar-refractivity contribution in [1.29, 1.82) is 0 Å². The smallest absolute Gasteiger partial charge is 0.191 e. The number of guanidine groups is 1. The van der Waals surface area contributed by atoms with Crippen molar-refractivity contribution in [1.82, 2.24) is 25.6 Å². The molecule has 0 aliphatic carbocycles. The van der Waals surface area contributed by atoms with Gasteiger partial charge in [-0.3, -0.25) is 4.99 Å². The maximum Gasteiger partial charge on any atom is 0.191 e. The molecule has 0 saturated heterocycles. The van der Waals surface area contributed by atoms with Crippen LogP contribution in [0, 0.1) is 5.82 Å². The van der Waals surface area contributed by atoms with Gasteiger partial charge in [-0.2, -0.15) is 0 Å². The van der Waals surface area contributed by atoms with E-state index in [1.54, 1.807) is 19.2 Å². The van der Waals surface area contributed by atoms with Crippen LogP contribution in [0.4, 0.5) is 4.39 Å². The zero-order chi connectivity index (χ0) is 20.1. The first-order chi connectivity index (χ1) is 14.2. The van der Waals surface area contributed by atoms with Gasteiger partial charge in [-0.25, -0.2) is 9.37 Å². The molecule has 0 fully saturated rings. The van der Waals surface area contributed by atoms with Crippen molar-refractivity contribution in [3.63, 3.8) is 0 Å². The van der Waals surface area contributed by atoms with E-state index in [2.05, 4.69) is 30.6 Å². The second-order valence-corrected chi connectivity index (χ2v) is 6.72. The van der Waals surface area contributed by atoms with Crippen LogP contribution in [0.2, 0.25) is 0 Å². The van der Waals surface area contributed by atoms with Crippen molar-refractivity contribution < 1.29 is 4.39 Å². The predicted octanol–water partition coefficient (Wildman–Crippen LogP) is 3.60. The summed E-state index contributed by atoms with van der Waals surface area (Å²) in [5.41, 5.74) is 4.10. The van der Waals surface area contributed by atoms with Crippen LogP contribution < -0.4 is 10.6 Å². The SMILES string of the molecule is CN=C(NCCc1c[nH]c2ccc(F)cc12)NCc1ncc(-c2ccccc2)[nH]1. The molecule has 0 aliphatic heterocycles. The van der Waals surface area contributed by atoms with Crippen molar-refractivity contribution in [2.24, 2.45) is 4.99 Å². The van der Waals surface area contributed by atoms with Gasteiger partial charge >= 0.3 is 0 Å². The third kappa shape index (κ3) is 4.45. The number of nitrogens with one attached hydrogen (secondary N) is 4. The van der Waals surface area contributed by atoms with E-state index in [-0.39, 0.29) is 5.82 Å². The maximum absolute atomic E-state index is 13.5.